The van der Waals surface area contributed by atoms with Crippen LogP contribution >= 0.6 is 0 Å². The van der Waals surface area contributed by atoms with Crippen LogP contribution in [0.3, 0.4) is 0 Å². The molecule has 1 aromatic heterocycles. The van der Waals surface area contributed by atoms with E-state index in [1.165, 1.54) is 0 Å². The molecule has 0 aliphatic carbocycles. The lowest BCUT2D eigenvalue weighted by Crippen LogP contribution is -2.12. The maximum absolute atomic E-state index is 11.2. The Kier molecular flexibility index (Phi) is 2.64. The number of rotatable bonds is 2. The quantitative estimate of drug-likeness (QED) is 0.822. The number of benzene rings is 1. The Morgan fingerprint density at radius 2 is 1.81 bits per heavy atom. The van der Waals surface area contributed by atoms with Gasteiger partial charge in [0.1, 0.15) is 0 Å². The molecule has 1 amide bonds. The van der Waals surface area contributed by atoms with E-state index in [0.717, 1.165) is 5.56 Å². The number of hydrogen-bond donors (Lipinski definition) is 1. The predicted octanol–water partition coefficient (Wildman–Crippen LogP) is 1.55. The molecule has 1 aromatic carbocycles. The van der Waals surface area contributed by atoms with E-state index in [0.29, 0.717) is 17.0 Å². The lowest BCUT2D eigenvalue weighted by molar-refractivity contribution is 0.100. The van der Waals surface area contributed by atoms with Crippen LogP contribution in [0.5, 0.6) is 0 Å². The van der Waals surface area contributed by atoms with Gasteiger partial charge < -0.3 is 5.73 Å². The van der Waals surface area contributed by atoms with Crippen molar-refractivity contribution < 1.29 is 4.79 Å². The summed E-state index contributed by atoms with van der Waals surface area (Å²) in [5.41, 5.74) is 7.36. The van der Waals surface area contributed by atoms with E-state index in [9.17, 15) is 4.79 Å². The van der Waals surface area contributed by atoms with Crippen LogP contribution in [0.25, 0.3) is 11.4 Å². The number of primary amides is 1. The number of carbonyl (C=O) groups is 1. The van der Waals surface area contributed by atoms with Gasteiger partial charge in [0.15, 0.2) is 5.82 Å². The molecule has 16 heavy (non-hydrogen) atoms. The molecule has 0 saturated carbocycles. The molecule has 0 unspecified atom stereocenters. The standard InChI is InChI=1S/C12H11N3O/c1-8-6-14-12(15-7-8)10-5-3-2-4-9(10)11(13)16/h2-7H,1H3,(H2,13,16). The highest BCUT2D eigenvalue weighted by Crippen LogP contribution is 2.19. The summed E-state index contributed by atoms with van der Waals surface area (Å²) >= 11 is 0. The van der Waals surface area contributed by atoms with Gasteiger partial charge in [-0.15, -0.1) is 0 Å². The Morgan fingerprint density at radius 3 is 2.44 bits per heavy atom. The molecule has 0 aliphatic heterocycles. The van der Waals surface area contributed by atoms with E-state index in [2.05, 4.69) is 9.97 Å². The summed E-state index contributed by atoms with van der Waals surface area (Å²) < 4.78 is 0. The average molecular weight is 213 g/mol. The van der Waals surface area contributed by atoms with Crippen molar-refractivity contribution in [2.45, 2.75) is 6.92 Å². The van der Waals surface area contributed by atoms with Gasteiger partial charge in [-0.2, -0.15) is 0 Å². The van der Waals surface area contributed by atoms with Crippen molar-refractivity contribution in [2.24, 2.45) is 5.73 Å². The van der Waals surface area contributed by atoms with Crippen LogP contribution in [-0.2, 0) is 0 Å². The van der Waals surface area contributed by atoms with Gasteiger partial charge >= 0.3 is 0 Å². The van der Waals surface area contributed by atoms with E-state index in [-0.39, 0.29) is 0 Å². The van der Waals surface area contributed by atoms with Crippen LogP contribution in [0.15, 0.2) is 36.7 Å². The topological polar surface area (TPSA) is 68.9 Å². The predicted molar refractivity (Wildman–Crippen MR) is 60.7 cm³/mol. The highest BCUT2D eigenvalue weighted by Gasteiger charge is 2.10. The lowest BCUT2D eigenvalue weighted by Gasteiger charge is -2.04. The molecule has 0 spiro atoms. The van der Waals surface area contributed by atoms with Crippen molar-refractivity contribution in [3.63, 3.8) is 0 Å². The minimum Gasteiger partial charge on any atom is -0.366 e. The van der Waals surface area contributed by atoms with Gasteiger partial charge in [-0.05, 0) is 18.6 Å². The second kappa shape index (κ2) is 4.10. The van der Waals surface area contributed by atoms with Gasteiger partial charge in [-0.1, -0.05) is 18.2 Å². The Balaban J connectivity index is 2.55. The van der Waals surface area contributed by atoms with E-state index < -0.39 is 5.91 Å². The van der Waals surface area contributed by atoms with Crippen molar-refractivity contribution in [3.05, 3.63) is 47.8 Å². The fourth-order valence-electron chi connectivity index (χ4n) is 1.42. The van der Waals surface area contributed by atoms with E-state index in [1.54, 1.807) is 30.6 Å². The number of aryl methyl sites for hydroxylation is 1. The zero-order chi connectivity index (χ0) is 11.5. The van der Waals surface area contributed by atoms with Crippen molar-refractivity contribution in [2.75, 3.05) is 0 Å². The summed E-state index contributed by atoms with van der Waals surface area (Å²) in [5.74, 6) is 0.0415. The molecule has 1 heterocycles. The van der Waals surface area contributed by atoms with E-state index in [1.807, 2.05) is 13.0 Å². The number of amides is 1. The normalized spacial score (nSPS) is 10.1. The number of carbonyl (C=O) groups excluding carboxylic acids is 1. The van der Waals surface area contributed by atoms with Crippen LogP contribution in [0, 0.1) is 6.92 Å². The highest BCUT2D eigenvalue weighted by molar-refractivity contribution is 5.98. The number of hydrogen-bond acceptors (Lipinski definition) is 3. The summed E-state index contributed by atoms with van der Waals surface area (Å²) in [6.07, 6.45) is 3.42. The zero-order valence-electron chi connectivity index (χ0n) is 8.84. The summed E-state index contributed by atoms with van der Waals surface area (Å²) in [4.78, 5) is 19.6. The Labute approximate surface area is 93.2 Å². The Hall–Kier alpha value is -2.23. The Bertz CT molecular complexity index is 520. The third-order valence-electron chi connectivity index (χ3n) is 2.21. The molecule has 2 aromatic rings. The van der Waals surface area contributed by atoms with Crippen molar-refractivity contribution >= 4 is 5.91 Å². The van der Waals surface area contributed by atoms with Gasteiger partial charge in [0.05, 0.1) is 5.56 Å². The molecule has 2 N–H and O–H groups in total. The molecule has 0 radical (unpaired) electrons. The second-order valence-corrected chi connectivity index (χ2v) is 3.49. The molecule has 0 atom stereocenters. The zero-order valence-corrected chi connectivity index (χ0v) is 8.84. The van der Waals surface area contributed by atoms with E-state index >= 15 is 0 Å². The molecule has 0 fully saturated rings. The summed E-state index contributed by atoms with van der Waals surface area (Å²) in [6.45, 7) is 1.91. The van der Waals surface area contributed by atoms with Crippen molar-refractivity contribution in [1.29, 1.82) is 0 Å². The first-order chi connectivity index (χ1) is 7.68. The smallest absolute Gasteiger partial charge is 0.249 e. The molecule has 2 rings (SSSR count). The van der Waals surface area contributed by atoms with Crippen LogP contribution in [-0.4, -0.2) is 15.9 Å². The SMILES string of the molecule is Cc1cnc(-c2ccccc2C(N)=O)nc1. The van der Waals surface area contributed by atoms with Crippen molar-refractivity contribution in [3.8, 4) is 11.4 Å². The molecule has 0 bridgehead atoms. The lowest BCUT2D eigenvalue weighted by atomic mass is 10.1. The number of nitrogens with two attached hydrogens (primary N) is 1. The van der Waals surface area contributed by atoms with Crippen LogP contribution in [0.1, 0.15) is 15.9 Å². The van der Waals surface area contributed by atoms with Crippen LogP contribution in [0.2, 0.25) is 0 Å². The summed E-state index contributed by atoms with van der Waals surface area (Å²) in [7, 11) is 0. The van der Waals surface area contributed by atoms with Crippen molar-refractivity contribution in [1.82, 2.24) is 9.97 Å². The largest absolute Gasteiger partial charge is 0.366 e. The monoisotopic (exact) mass is 213 g/mol. The number of aromatic nitrogens is 2. The fourth-order valence-corrected chi connectivity index (χ4v) is 1.42. The van der Waals surface area contributed by atoms with Gasteiger partial charge in [0.2, 0.25) is 5.91 Å². The summed E-state index contributed by atoms with van der Waals surface area (Å²) in [6, 6.07) is 7.04. The second-order valence-electron chi connectivity index (χ2n) is 3.49. The molecular weight excluding hydrogens is 202 g/mol. The third-order valence-corrected chi connectivity index (χ3v) is 2.21. The highest BCUT2D eigenvalue weighted by atomic mass is 16.1. The first kappa shape index (κ1) is 10.3. The maximum atomic E-state index is 11.2. The molecular formula is C12H11N3O. The molecule has 0 saturated heterocycles. The number of nitrogens with zero attached hydrogens (tertiary/aromatic N) is 2. The minimum absolute atomic E-state index is 0.436. The van der Waals surface area contributed by atoms with E-state index in [4.69, 9.17) is 5.73 Å². The van der Waals surface area contributed by atoms with Gasteiger partial charge in [0.25, 0.3) is 0 Å². The molecule has 4 heteroatoms. The fraction of sp³-hybridized carbons (Fsp3) is 0.0833. The Morgan fingerprint density at radius 1 is 1.19 bits per heavy atom. The van der Waals surface area contributed by atoms with Crippen LogP contribution in [0.4, 0.5) is 0 Å². The average Bonchev–Trinajstić information content (AvgIpc) is 2.30. The third kappa shape index (κ3) is 1.91. The van der Waals surface area contributed by atoms with Gasteiger partial charge in [0, 0.05) is 18.0 Å². The summed E-state index contributed by atoms with van der Waals surface area (Å²) in [5, 5.41) is 0. The molecule has 0 aliphatic rings. The van der Waals surface area contributed by atoms with Gasteiger partial charge in [-0.25, -0.2) is 9.97 Å². The first-order valence-corrected chi connectivity index (χ1v) is 4.86. The minimum atomic E-state index is -0.472. The molecule has 4 nitrogen and oxygen atoms in total. The first-order valence-electron chi connectivity index (χ1n) is 4.86. The van der Waals surface area contributed by atoms with Gasteiger partial charge in [-0.3, -0.25) is 4.79 Å². The van der Waals surface area contributed by atoms with Crippen LogP contribution < -0.4 is 5.73 Å². The maximum Gasteiger partial charge on any atom is 0.249 e. The molecule has 80 valence electrons.